The first kappa shape index (κ1) is 15.4. The lowest BCUT2D eigenvalue weighted by Gasteiger charge is -2.10. The van der Waals surface area contributed by atoms with E-state index in [2.05, 4.69) is 15.5 Å². The van der Waals surface area contributed by atoms with Crippen LogP contribution in [0.4, 0.5) is 17.2 Å². The van der Waals surface area contributed by atoms with Gasteiger partial charge < -0.3 is 10.1 Å². The summed E-state index contributed by atoms with van der Waals surface area (Å²) >= 11 is 0. The molecule has 0 atom stereocenters. The summed E-state index contributed by atoms with van der Waals surface area (Å²) in [5.74, 6) is 0.875. The molecule has 3 aromatic rings. The third-order valence-electron chi connectivity index (χ3n) is 3.39. The van der Waals surface area contributed by atoms with Crippen LogP contribution in [0.25, 0.3) is 11.3 Å². The van der Waals surface area contributed by atoms with E-state index in [9.17, 15) is 10.1 Å². The van der Waals surface area contributed by atoms with E-state index >= 15 is 0 Å². The molecule has 7 nitrogen and oxygen atoms in total. The molecule has 0 saturated carbocycles. The number of nitrogens with one attached hydrogen (secondary N) is 1. The van der Waals surface area contributed by atoms with Gasteiger partial charge in [-0.15, -0.1) is 10.2 Å². The second-order valence-corrected chi connectivity index (χ2v) is 4.94. The first-order chi connectivity index (χ1) is 11.7. The van der Waals surface area contributed by atoms with Crippen LogP contribution in [0, 0.1) is 10.1 Å². The van der Waals surface area contributed by atoms with Crippen LogP contribution in [-0.2, 0) is 0 Å². The first-order valence-electron chi connectivity index (χ1n) is 7.16. The van der Waals surface area contributed by atoms with E-state index in [0.717, 1.165) is 11.3 Å². The Bertz CT molecular complexity index is 851. The number of nitro benzene ring substituents is 1. The summed E-state index contributed by atoms with van der Waals surface area (Å²) in [6.45, 7) is 0. The molecule has 2 aromatic carbocycles. The summed E-state index contributed by atoms with van der Waals surface area (Å²) in [6, 6.07) is 17.7. The summed E-state index contributed by atoms with van der Waals surface area (Å²) in [5, 5.41) is 22.2. The summed E-state index contributed by atoms with van der Waals surface area (Å²) in [7, 11) is 1.45. The van der Waals surface area contributed by atoms with E-state index in [1.807, 2.05) is 36.4 Å². The molecule has 0 fully saturated rings. The van der Waals surface area contributed by atoms with Gasteiger partial charge in [-0.1, -0.05) is 30.3 Å². The normalized spacial score (nSPS) is 10.2. The van der Waals surface area contributed by atoms with Crippen molar-refractivity contribution in [3.8, 4) is 17.0 Å². The van der Waals surface area contributed by atoms with E-state index in [1.165, 1.54) is 19.2 Å². The first-order valence-corrected chi connectivity index (χ1v) is 7.16. The predicted molar refractivity (Wildman–Crippen MR) is 90.4 cm³/mol. The van der Waals surface area contributed by atoms with Gasteiger partial charge in [0, 0.05) is 11.6 Å². The van der Waals surface area contributed by atoms with Gasteiger partial charge in [0.15, 0.2) is 5.82 Å². The lowest BCUT2D eigenvalue weighted by atomic mass is 10.1. The number of rotatable bonds is 5. The van der Waals surface area contributed by atoms with Crippen molar-refractivity contribution in [3.05, 3.63) is 70.8 Å². The van der Waals surface area contributed by atoms with Crippen molar-refractivity contribution in [2.45, 2.75) is 0 Å². The lowest BCUT2D eigenvalue weighted by molar-refractivity contribution is -0.384. The molecule has 0 aliphatic rings. The molecule has 1 aromatic heterocycles. The number of anilines is 2. The predicted octanol–water partition coefficient (Wildman–Crippen LogP) is 3.80. The minimum atomic E-state index is -0.471. The monoisotopic (exact) mass is 322 g/mol. The molecule has 1 N–H and O–H groups in total. The van der Waals surface area contributed by atoms with E-state index in [1.54, 1.807) is 12.1 Å². The van der Waals surface area contributed by atoms with Gasteiger partial charge in [-0.05, 0) is 18.2 Å². The van der Waals surface area contributed by atoms with Gasteiger partial charge in [0.05, 0.1) is 29.5 Å². The highest BCUT2D eigenvalue weighted by Gasteiger charge is 2.12. The summed E-state index contributed by atoms with van der Waals surface area (Å²) in [4.78, 5) is 10.3. The summed E-state index contributed by atoms with van der Waals surface area (Å²) < 4.78 is 5.19. The van der Waals surface area contributed by atoms with Crippen molar-refractivity contribution in [2.75, 3.05) is 12.4 Å². The molecule has 0 radical (unpaired) electrons. The zero-order chi connectivity index (χ0) is 16.9. The number of benzene rings is 2. The standard InChI is InChI=1S/C17H14N4O3/c1-24-16-11-13(21(22)23)7-8-15(16)18-17-10-9-14(19-20-17)12-5-3-2-4-6-12/h2-11H,1H3,(H,18,20). The number of non-ortho nitro benzene ring substituents is 1. The van der Waals surface area contributed by atoms with E-state index in [0.29, 0.717) is 17.3 Å². The fourth-order valence-corrected chi connectivity index (χ4v) is 2.20. The third kappa shape index (κ3) is 3.30. The zero-order valence-electron chi connectivity index (χ0n) is 12.8. The minimum Gasteiger partial charge on any atom is -0.494 e. The van der Waals surface area contributed by atoms with Crippen LogP contribution in [0.2, 0.25) is 0 Å². The topological polar surface area (TPSA) is 90.2 Å². The molecule has 3 rings (SSSR count). The largest absolute Gasteiger partial charge is 0.494 e. The molecule has 7 heteroatoms. The van der Waals surface area contributed by atoms with Crippen molar-refractivity contribution in [1.82, 2.24) is 10.2 Å². The van der Waals surface area contributed by atoms with Crippen LogP contribution in [0.3, 0.4) is 0 Å². The van der Waals surface area contributed by atoms with E-state index in [4.69, 9.17) is 4.74 Å². The maximum Gasteiger partial charge on any atom is 0.273 e. The summed E-state index contributed by atoms with van der Waals surface area (Å²) in [6.07, 6.45) is 0. The Kier molecular flexibility index (Phi) is 4.33. The van der Waals surface area contributed by atoms with E-state index in [-0.39, 0.29) is 5.69 Å². The number of methoxy groups -OCH3 is 1. The summed E-state index contributed by atoms with van der Waals surface area (Å²) in [5.41, 5.74) is 2.27. The molecule has 0 amide bonds. The number of nitro groups is 1. The Morgan fingerprint density at radius 1 is 1.04 bits per heavy atom. The van der Waals surface area contributed by atoms with Crippen molar-refractivity contribution in [2.24, 2.45) is 0 Å². The second-order valence-electron chi connectivity index (χ2n) is 4.94. The Labute approximate surface area is 138 Å². The van der Waals surface area contributed by atoms with Crippen LogP contribution in [0.15, 0.2) is 60.7 Å². The van der Waals surface area contributed by atoms with Gasteiger partial charge >= 0.3 is 0 Å². The van der Waals surface area contributed by atoms with Gasteiger partial charge in [-0.3, -0.25) is 10.1 Å². The second kappa shape index (κ2) is 6.74. The fourth-order valence-electron chi connectivity index (χ4n) is 2.20. The number of aromatic nitrogens is 2. The Morgan fingerprint density at radius 2 is 1.83 bits per heavy atom. The molecule has 24 heavy (non-hydrogen) atoms. The average Bonchev–Trinajstić information content (AvgIpc) is 2.63. The third-order valence-corrected chi connectivity index (χ3v) is 3.39. The zero-order valence-corrected chi connectivity index (χ0v) is 12.8. The van der Waals surface area contributed by atoms with Gasteiger partial charge in [0.1, 0.15) is 5.75 Å². The van der Waals surface area contributed by atoms with Crippen LogP contribution < -0.4 is 10.1 Å². The van der Waals surface area contributed by atoms with Gasteiger partial charge in [0.25, 0.3) is 5.69 Å². The van der Waals surface area contributed by atoms with Gasteiger partial charge in [0.2, 0.25) is 0 Å². The number of hydrogen-bond donors (Lipinski definition) is 1. The number of hydrogen-bond acceptors (Lipinski definition) is 6. The molecule has 0 aliphatic carbocycles. The minimum absolute atomic E-state index is 0.0390. The van der Waals surface area contributed by atoms with E-state index < -0.39 is 4.92 Å². The Hall–Kier alpha value is -3.48. The lowest BCUT2D eigenvalue weighted by Crippen LogP contribution is -1.99. The highest BCUT2D eigenvalue weighted by atomic mass is 16.6. The van der Waals surface area contributed by atoms with Crippen LogP contribution in [-0.4, -0.2) is 22.2 Å². The van der Waals surface area contributed by atoms with Crippen LogP contribution in [0.5, 0.6) is 5.75 Å². The molecule has 0 bridgehead atoms. The SMILES string of the molecule is COc1cc([N+](=O)[O-])ccc1Nc1ccc(-c2ccccc2)nn1. The molecular formula is C17H14N4O3. The van der Waals surface area contributed by atoms with Gasteiger partial charge in [-0.2, -0.15) is 0 Å². The molecule has 0 saturated heterocycles. The smallest absolute Gasteiger partial charge is 0.273 e. The van der Waals surface area contributed by atoms with Gasteiger partial charge in [-0.25, -0.2) is 0 Å². The number of ether oxygens (including phenoxy) is 1. The highest BCUT2D eigenvalue weighted by Crippen LogP contribution is 2.31. The van der Waals surface area contributed by atoms with Crippen molar-refractivity contribution in [3.63, 3.8) is 0 Å². The van der Waals surface area contributed by atoms with Crippen molar-refractivity contribution >= 4 is 17.2 Å². The maximum absolute atomic E-state index is 10.8. The van der Waals surface area contributed by atoms with Crippen LogP contribution in [0.1, 0.15) is 0 Å². The molecule has 0 aliphatic heterocycles. The maximum atomic E-state index is 10.8. The highest BCUT2D eigenvalue weighted by molar-refractivity contribution is 5.67. The van der Waals surface area contributed by atoms with Crippen LogP contribution >= 0.6 is 0 Å². The Balaban J connectivity index is 1.83. The van der Waals surface area contributed by atoms with Crippen molar-refractivity contribution < 1.29 is 9.66 Å². The molecule has 120 valence electrons. The molecule has 1 heterocycles. The molecule has 0 spiro atoms. The average molecular weight is 322 g/mol. The quantitative estimate of drug-likeness (QED) is 0.567. The number of nitrogens with zero attached hydrogens (tertiary/aromatic N) is 3. The fraction of sp³-hybridized carbons (Fsp3) is 0.0588. The molecular weight excluding hydrogens is 308 g/mol. The van der Waals surface area contributed by atoms with Crippen molar-refractivity contribution in [1.29, 1.82) is 0 Å². The Morgan fingerprint density at radius 3 is 2.46 bits per heavy atom. The molecule has 0 unspecified atom stereocenters.